The van der Waals surface area contributed by atoms with Crippen LogP contribution in [0.15, 0.2) is 48.5 Å². The second kappa shape index (κ2) is 9.09. The van der Waals surface area contributed by atoms with Crippen molar-refractivity contribution in [2.24, 2.45) is 0 Å². The van der Waals surface area contributed by atoms with E-state index in [0.29, 0.717) is 12.0 Å². The van der Waals surface area contributed by atoms with E-state index in [1.807, 2.05) is 0 Å². The van der Waals surface area contributed by atoms with Crippen molar-refractivity contribution in [3.63, 3.8) is 0 Å². The van der Waals surface area contributed by atoms with Gasteiger partial charge in [-0.1, -0.05) is 36.4 Å². The number of halogens is 2. The van der Waals surface area contributed by atoms with Crippen molar-refractivity contribution in [1.82, 2.24) is 10.2 Å². The van der Waals surface area contributed by atoms with Gasteiger partial charge in [0.1, 0.15) is 0 Å². The van der Waals surface area contributed by atoms with Crippen molar-refractivity contribution in [1.29, 1.82) is 0 Å². The summed E-state index contributed by atoms with van der Waals surface area (Å²) in [7, 11) is 2.17. The van der Waals surface area contributed by atoms with Gasteiger partial charge in [-0.15, -0.1) is 24.8 Å². The van der Waals surface area contributed by atoms with Gasteiger partial charge in [-0.25, -0.2) is 0 Å². The lowest BCUT2D eigenvalue weighted by Gasteiger charge is -2.44. The molecule has 26 heavy (non-hydrogen) atoms. The van der Waals surface area contributed by atoms with Crippen molar-refractivity contribution in [2.75, 3.05) is 44.7 Å². The second-order valence-electron chi connectivity index (χ2n) is 7.01. The molecular weight excluding hydrogens is 365 g/mol. The largest absolute Gasteiger partial charge is 0.375 e. The highest BCUT2D eigenvalue weighted by atomic mass is 35.5. The summed E-state index contributed by atoms with van der Waals surface area (Å²) in [6.07, 6.45) is 0. The molecule has 0 aromatic heterocycles. The summed E-state index contributed by atoms with van der Waals surface area (Å²) >= 11 is 0. The third-order valence-corrected chi connectivity index (χ3v) is 5.69. The summed E-state index contributed by atoms with van der Waals surface area (Å²) in [5, 5.41) is 3.56. The molecule has 0 bridgehead atoms. The summed E-state index contributed by atoms with van der Waals surface area (Å²) < 4.78 is 0. The lowest BCUT2D eigenvalue weighted by Crippen LogP contribution is -2.50. The van der Waals surface area contributed by atoms with E-state index in [4.69, 9.17) is 0 Å². The Morgan fingerprint density at radius 2 is 1.85 bits per heavy atom. The molecule has 0 radical (unpaired) electrons. The minimum Gasteiger partial charge on any atom is -0.375 e. The Hall–Kier alpha value is -1.26. The molecule has 5 heteroatoms. The first-order valence-electron chi connectivity index (χ1n) is 9.12. The second-order valence-corrected chi connectivity index (χ2v) is 7.01. The lowest BCUT2D eigenvalue weighted by molar-refractivity contribution is 0.143. The molecule has 1 saturated heterocycles. The van der Waals surface area contributed by atoms with E-state index in [1.54, 1.807) is 0 Å². The fourth-order valence-electron chi connectivity index (χ4n) is 4.18. The summed E-state index contributed by atoms with van der Waals surface area (Å²) in [4.78, 5) is 4.98. The molecule has 3 nitrogen and oxygen atoms in total. The molecule has 0 amide bonds. The van der Waals surface area contributed by atoms with Crippen LogP contribution >= 0.6 is 24.8 Å². The fraction of sp³-hybridized carbons (Fsp3) is 0.429. The van der Waals surface area contributed by atoms with Crippen LogP contribution in [0.25, 0.3) is 0 Å². The number of hydrogen-bond acceptors (Lipinski definition) is 3. The summed E-state index contributed by atoms with van der Waals surface area (Å²) in [6, 6.07) is 18.7. The van der Waals surface area contributed by atoms with Crippen LogP contribution in [0.1, 0.15) is 35.6 Å². The topological polar surface area (TPSA) is 18.5 Å². The van der Waals surface area contributed by atoms with Crippen molar-refractivity contribution in [3.8, 4) is 0 Å². The summed E-state index contributed by atoms with van der Waals surface area (Å²) in [5.74, 6) is 0.473. The number of anilines is 1. The SMILES string of the molecule is CCN(C)c1cccc([C@@H]2CN3CCNC[C@H]3c3ccccc32)c1.Cl.Cl. The quantitative estimate of drug-likeness (QED) is 0.847. The van der Waals surface area contributed by atoms with Crippen molar-refractivity contribution in [2.45, 2.75) is 18.9 Å². The highest BCUT2D eigenvalue weighted by Gasteiger charge is 2.34. The highest BCUT2D eigenvalue weighted by molar-refractivity contribution is 5.85. The third-order valence-electron chi connectivity index (χ3n) is 5.69. The maximum Gasteiger partial charge on any atom is 0.0476 e. The monoisotopic (exact) mass is 393 g/mol. The number of nitrogens with zero attached hydrogens (tertiary/aromatic N) is 2. The van der Waals surface area contributed by atoms with Gasteiger partial charge in [0.25, 0.3) is 0 Å². The van der Waals surface area contributed by atoms with Crippen LogP contribution in [-0.4, -0.2) is 44.7 Å². The first-order chi connectivity index (χ1) is 11.8. The van der Waals surface area contributed by atoms with Crippen molar-refractivity contribution in [3.05, 3.63) is 65.2 Å². The van der Waals surface area contributed by atoms with Crippen LogP contribution < -0.4 is 10.2 Å². The molecule has 1 fully saturated rings. The van der Waals surface area contributed by atoms with E-state index in [-0.39, 0.29) is 24.8 Å². The average molecular weight is 394 g/mol. The maximum absolute atomic E-state index is 3.56. The Labute approximate surface area is 169 Å². The standard InChI is InChI=1S/C21H27N3.2ClH/c1-3-23(2)17-8-6-7-16(13-17)20-15-24-12-11-22-14-21(24)19-10-5-4-9-18(19)20;;/h4-10,13,20-22H,3,11-12,14-15H2,1-2H3;2*1H/t20-,21-;;/m0../s1. The van der Waals surface area contributed by atoms with Crippen molar-refractivity contribution < 1.29 is 0 Å². The van der Waals surface area contributed by atoms with Gasteiger partial charge in [0.05, 0.1) is 0 Å². The first kappa shape index (κ1) is 21.0. The van der Waals surface area contributed by atoms with E-state index >= 15 is 0 Å². The number of benzene rings is 2. The van der Waals surface area contributed by atoms with Crippen LogP contribution in [0.5, 0.6) is 0 Å². The van der Waals surface area contributed by atoms with Gasteiger partial charge in [0.2, 0.25) is 0 Å². The van der Waals surface area contributed by atoms with Crippen LogP contribution in [0.4, 0.5) is 5.69 Å². The van der Waals surface area contributed by atoms with Crippen LogP contribution in [-0.2, 0) is 0 Å². The molecule has 2 aromatic carbocycles. The molecule has 1 N–H and O–H groups in total. The number of hydrogen-bond donors (Lipinski definition) is 1. The molecule has 2 atom stereocenters. The van der Waals surface area contributed by atoms with Gasteiger partial charge >= 0.3 is 0 Å². The molecule has 2 aromatic rings. The molecule has 2 heterocycles. The summed E-state index contributed by atoms with van der Waals surface area (Å²) in [5.41, 5.74) is 5.78. The Morgan fingerprint density at radius 1 is 1.08 bits per heavy atom. The first-order valence-corrected chi connectivity index (χ1v) is 9.12. The Bertz CT molecular complexity index is 722. The van der Waals surface area contributed by atoms with Crippen LogP contribution in [0.3, 0.4) is 0 Å². The fourth-order valence-corrected chi connectivity index (χ4v) is 4.18. The number of piperazine rings is 1. The number of fused-ring (bicyclic) bond motifs is 3. The zero-order valence-corrected chi connectivity index (χ0v) is 17.2. The van der Waals surface area contributed by atoms with E-state index in [1.165, 1.54) is 22.4 Å². The Morgan fingerprint density at radius 3 is 2.62 bits per heavy atom. The average Bonchev–Trinajstić information content (AvgIpc) is 2.67. The third kappa shape index (κ3) is 3.86. The highest BCUT2D eigenvalue weighted by Crippen LogP contribution is 2.40. The summed E-state index contributed by atoms with van der Waals surface area (Å²) in [6.45, 7) is 7.68. The van der Waals surface area contributed by atoms with Gasteiger partial charge in [0.15, 0.2) is 0 Å². The maximum atomic E-state index is 3.56. The van der Waals surface area contributed by atoms with Crippen LogP contribution in [0, 0.1) is 0 Å². The molecule has 4 rings (SSSR count). The lowest BCUT2D eigenvalue weighted by atomic mass is 9.80. The van der Waals surface area contributed by atoms with Crippen molar-refractivity contribution >= 4 is 30.5 Å². The number of rotatable bonds is 3. The van der Waals surface area contributed by atoms with E-state index in [9.17, 15) is 0 Å². The zero-order chi connectivity index (χ0) is 16.5. The van der Waals surface area contributed by atoms with Gasteiger partial charge in [-0.2, -0.15) is 0 Å². The van der Waals surface area contributed by atoms with E-state index in [2.05, 4.69) is 77.6 Å². The molecule has 0 aliphatic carbocycles. The van der Waals surface area contributed by atoms with Gasteiger partial charge in [-0.05, 0) is 35.7 Å². The molecule has 0 unspecified atom stereocenters. The van der Waals surface area contributed by atoms with Crippen LogP contribution in [0.2, 0.25) is 0 Å². The predicted molar refractivity (Wildman–Crippen MR) is 115 cm³/mol. The van der Waals surface area contributed by atoms with Gasteiger partial charge < -0.3 is 10.2 Å². The Kier molecular flexibility index (Phi) is 7.36. The Balaban J connectivity index is 0.00000121. The van der Waals surface area contributed by atoms with E-state index < -0.39 is 0 Å². The molecule has 2 aliphatic heterocycles. The van der Waals surface area contributed by atoms with Gasteiger partial charge in [0, 0.05) is 57.4 Å². The minimum atomic E-state index is 0. The molecule has 142 valence electrons. The molecule has 0 spiro atoms. The molecular formula is C21H29Cl2N3. The van der Waals surface area contributed by atoms with Gasteiger partial charge in [-0.3, -0.25) is 4.90 Å². The molecule has 0 saturated carbocycles. The molecule has 2 aliphatic rings. The van der Waals surface area contributed by atoms with E-state index in [0.717, 1.165) is 32.7 Å². The minimum absolute atomic E-state index is 0. The zero-order valence-electron chi connectivity index (χ0n) is 15.5. The smallest absolute Gasteiger partial charge is 0.0476 e. The number of nitrogens with one attached hydrogen (secondary N) is 1. The predicted octanol–water partition coefficient (Wildman–Crippen LogP) is 4.08. The normalized spacial score (nSPS) is 21.6.